The molecule has 0 radical (unpaired) electrons. The Hall–Kier alpha value is -0.850. The van der Waals surface area contributed by atoms with Gasteiger partial charge in [-0.25, -0.2) is 0 Å². The molecule has 1 atom stereocenters. The molecule has 1 aromatic heterocycles. The quantitative estimate of drug-likeness (QED) is 0.705. The van der Waals surface area contributed by atoms with Crippen molar-refractivity contribution in [3.05, 3.63) is 30.1 Å². The van der Waals surface area contributed by atoms with Crippen LogP contribution in [0.4, 0.5) is 0 Å². The number of hydrogen-bond acceptors (Lipinski definition) is 1. The van der Waals surface area contributed by atoms with Crippen molar-refractivity contribution in [1.29, 1.82) is 0 Å². The van der Waals surface area contributed by atoms with Crippen LogP contribution < -0.4 is 0 Å². The summed E-state index contributed by atoms with van der Waals surface area (Å²) in [7, 11) is 0. The highest BCUT2D eigenvalue weighted by molar-refractivity contribution is 5.12. The van der Waals surface area contributed by atoms with Crippen molar-refractivity contribution in [3.8, 4) is 0 Å². The Labute approximate surface area is 100 Å². The van der Waals surface area contributed by atoms with Gasteiger partial charge in [0.2, 0.25) is 0 Å². The van der Waals surface area contributed by atoms with Crippen LogP contribution in [0.5, 0.6) is 0 Å². The van der Waals surface area contributed by atoms with Crippen LogP contribution in [-0.4, -0.2) is 4.98 Å². The second kappa shape index (κ2) is 4.57. The molecular weight excluding hydrogens is 194 g/mol. The fourth-order valence-electron chi connectivity index (χ4n) is 2.05. The van der Waals surface area contributed by atoms with Crippen molar-refractivity contribution in [2.75, 3.05) is 0 Å². The lowest BCUT2D eigenvalue weighted by Crippen LogP contribution is -2.24. The molecule has 0 fully saturated rings. The van der Waals surface area contributed by atoms with Gasteiger partial charge in [0.05, 0.1) is 0 Å². The third-order valence-corrected chi connectivity index (χ3v) is 2.91. The van der Waals surface area contributed by atoms with Gasteiger partial charge >= 0.3 is 0 Å². The van der Waals surface area contributed by atoms with Gasteiger partial charge < -0.3 is 0 Å². The normalized spacial score (nSPS) is 14.9. The van der Waals surface area contributed by atoms with E-state index in [0.29, 0.717) is 11.3 Å². The minimum Gasteiger partial charge on any atom is -0.261 e. The van der Waals surface area contributed by atoms with Crippen LogP contribution >= 0.6 is 0 Å². The summed E-state index contributed by atoms with van der Waals surface area (Å²) in [4.78, 5) is 4.53. The van der Waals surface area contributed by atoms with Crippen LogP contribution in [0, 0.1) is 10.8 Å². The zero-order valence-electron chi connectivity index (χ0n) is 11.5. The van der Waals surface area contributed by atoms with Gasteiger partial charge in [0.15, 0.2) is 0 Å². The summed E-state index contributed by atoms with van der Waals surface area (Å²) in [5, 5.41) is 0. The third-order valence-electron chi connectivity index (χ3n) is 2.91. The van der Waals surface area contributed by atoms with Crippen LogP contribution in [0.25, 0.3) is 0 Å². The predicted octanol–water partition coefficient (Wildman–Crippen LogP) is 4.65. The number of rotatable bonds is 2. The molecular formula is C15H25N. The van der Waals surface area contributed by atoms with Crippen LogP contribution in [0.15, 0.2) is 24.4 Å². The molecule has 0 saturated heterocycles. The van der Waals surface area contributed by atoms with E-state index in [4.69, 9.17) is 0 Å². The van der Waals surface area contributed by atoms with E-state index in [1.54, 1.807) is 0 Å². The first-order valence-electron chi connectivity index (χ1n) is 6.11. The number of pyridine rings is 1. The van der Waals surface area contributed by atoms with E-state index in [2.05, 4.69) is 58.7 Å². The van der Waals surface area contributed by atoms with Crippen molar-refractivity contribution in [3.63, 3.8) is 0 Å². The molecule has 1 unspecified atom stereocenters. The number of nitrogens with zero attached hydrogens (tertiary/aromatic N) is 1. The van der Waals surface area contributed by atoms with Crippen molar-refractivity contribution in [1.82, 2.24) is 4.98 Å². The Morgan fingerprint density at radius 1 is 1.06 bits per heavy atom. The third kappa shape index (κ3) is 3.96. The van der Waals surface area contributed by atoms with Crippen LogP contribution in [0.2, 0.25) is 0 Å². The van der Waals surface area contributed by atoms with E-state index >= 15 is 0 Å². The largest absolute Gasteiger partial charge is 0.261 e. The van der Waals surface area contributed by atoms with E-state index in [1.165, 1.54) is 12.1 Å². The molecule has 0 N–H and O–H groups in total. The van der Waals surface area contributed by atoms with Crippen LogP contribution in [-0.2, 0) is 0 Å². The summed E-state index contributed by atoms with van der Waals surface area (Å²) in [6, 6.07) is 6.23. The van der Waals surface area contributed by atoms with Gasteiger partial charge in [-0.2, -0.15) is 0 Å². The van der Waals surface area contributed by atoms with Crippen molar-refractivity contribution < 1.29 is 0 Å². The standard InChI is InChI=1S/C15H25N/c1-14(2,3)11-12(15(4,5)6)13-9-7-8-10-16-13/h7-10,12H,11H2,1-6H3. The fraction of sp³-hybridized carbons (Fsp3) is 0.667. The maximum Gasteiger partial charge on any atom is 0.0439 e. The maximum atomic E-state index is 4.53. The monoisotopic (exact) mass is 219 g/mol. The van der Waals surface area contributed by atoms with E-state index in [1.807, 2.05) is 12.3 Å². The Bertz CT molecular complexity index is 314. The van der Waals surface area contributed by atoms with E-state index in [9.17, 15) is 0 Å². The lowest BCUT2D eigenvalue weighted by atomic mass is 9.70. The Balaban J connectivity index is 2.98. The molecule has 90 valence electrons. The minimum atomic E-state index is 0.266. The highest BCUT2D eigenvalue weighted by Gasteiger charge is 2.30. The predicted molar refractivity (Wildman–Crippen MR) is 70.5 cm³/mol. The first-order valence-corrected chi connectivity index (χ1v) is 6.11. The molecule has 0 aliphatic heterocycles. The van der Waals surface area contributed by atoms with Gasteiger partial charge in [-0.05, 0) is 29.4 Å². The van der Waals surface area contributed by atoms with Crippen molar-refractivity contribution in [2.45, 2.75) is 53.9 Å². The van der Waals surface area contributed by atoms with Crippen molar-refractivity contribution >= 4 is 0 Å². The molecule has 0 spiro atoms. The van der Waals surface area contributed by atoms with Gasteiger partial charge in [0.1, 0.15) is 0 Å². The van der Waals surface area contributed by atoms with E-state index in [0.717, 1.165) is 0 Å². The van der Waals surface area contributed by atoms with Gasteiger partial charge in [-0.15, -0.1) is 0 Å². The number of hydrogen-bond donors (Lipinski definition) is 0. The molecule has 1 nitrogen and oxygen atoms in total. The zero-order valence-corrected chi connectivity index (χ0v) is 11.5. The van der Waals surface area contributed by atoms with Gasteiger partial charge in [-0.1, -0.05) is 47.6 Å². The average molecular weight is 219 g/mol. The lowest BCUT2D eigenvalue weighted by Gasteiger charge is -2.35. The number of aromatic nitrogens is 1. The summed E-state index contributed by atoms with van der Waals surface area (Å²) in [6.45, 7) is 13.8. The van der Waals surface area contributed by atoms with E-state index in [-0.39, 0.29) is 5.41 Å². The minimum absolute atomic E-state index is 0.266. The first kappa shape index (κ1) is 13.2. The first-order chi connectivity index (χ1) is 7.20. The molecule has 16 heavy (non-hydrogen) atoms. The average Bonchev–Trinajstić information content (AvgIpc) is 2.13. The molecule has 1 heteroatoms. The summed E-state index contributed by atoms with van der Waals surface area (Å²) in [5.41, 5.74) is 1.84. The Morgan fingerprint density at radius 3 is 2.06 bits per heavy atom. The summed E-state index contributed by atoms with van der Waals surface area (Å²) in [5.74, 6) is 0.522. The molecule has 0 aliphatic carbocycles. The molecule has 1 heterocycles. The van der Waals surface area contributed by atoms with Crippen LogP contribution in [0.3, 0.4) is 0 Å². The van der Waals surface area contributed by atoms with Gasteiger partial charge in [0.25, 0.3) is 0 Å². The van der Waals surface area contributed by atoms with Crippen LogP contribution in [0.1, 0.15) is 59.6 Å². The smallest absolute Gasteiger partial charge is 0.0439 e. The van der Waals surface area contributed by atoms with Gasteiger partial charge in [-0.3, -0.25) is 4.98 Å². The molecule has 0 saturated carbocycles. The Kier molecular flexibility index (Phi) is 3.77. The highest BCUT2D eigenvalue weighted by Crippen LogP contribution is 2.42. The second-order valence-electron chi connectivity index (χ2n) is 6.94. The molecule has 0 aliphatic rings. The van der Waals surface area contributed by atoms with Crippen molar-refractivity contribution in [2.24, 2.45) is 10.8 Å². The fourth-order valence-corrected chi connectivity index (χ4v) is 2.05. The zero-order chi connectivity index (χ0) is 12.4. The summed E-state index contributed by atoms with van der Waals surface area (Å²) in [6.07, 6.45) is 3.07. The second-order valence-corrected chi connectivity index (χ2v) is 6.94. The maximum absolute atomic E-state index is 4.53. The molecule has 0 bridgehead atoms. The SMILES string of the molecule is CC(C)(C)CC(c1ccccn1)C(C)(C)C. The molecule has 0 aromatic carbocycles. The lowest BCUT2D eigenvalue weighted by molar-refractivity contribution is 0.225. The topological polar surface area (TPSA) is 12.9 Å². The van der Waals surface area contributed by atoms with Gasteiger partial charge in [0, 0.05) is 17.8 Å². The Morgan fingerprint density at radius 2 is 1.69 bits per heavy atom. The highest BCUT2D eigenvalue weighted by atomic mass is 14.7. The summed E-state index contributed by atoms with van der Waals surface area (Å²) < 4.78 is 0. The summed E-state index contributed by atoms with van der Waals surface area (Å²) >= 11 is 0. The van der Waals surface area contributed by atoms with E-state index < -0.39 is 0 Å². The molecule has 1 aromatic rings. The molecule has 0 amide bonds. The molecule has 1 rings (SSSR count).